The Morgan fingerprint density at radius 3 is 2.19 bits per heavy atom. The van der Waals surface area contributed by atoms with Gasteiger partial charge in [-0.15, -0.1) is 0 Å². The van der Waals surface area contributed by atoms with Gasteiger partial charge in [-0.2, -0.15) is 13.2 Å². The van der Waals surface area contributed by atoms with Gasteiger partial charge in [0.05, 0.1) is 5.56 Å². The molecule has 0 unspecified atom stereocenters. The van der Waals surface area contributed by atoms with Gasteiger partial charge in [0.2, 0.25) is 0 Å². The zero-order valence-electron chi connectivity index (χ0n) is 8.68. The highest BCUT2D eigenvalue weighted by Crippen LogP contribution is 2.29. The molecular weight excluding hydrogens is 217 g/mol. The molecule has 4 heteroatoms. The fraction of sp³-hybridized carbons (Fsp3) is 0.417. The van der Waals surface area contributed by atoms with Gasteiger partial charge in [-0.25, -0.2) is 0 Å². The minimum absolute atomic E-state index is 0.390. The first-order valence-electron chi connectivity index (χ1n) is 5.05. The Balaban J connectivity index is 2.48. The smallest absolute Gasteiger partial charge is 0.291 e. The van der Waals surface area contributed by atoms with Crippen molar-refractivity contribution in [2.24, 2.45) is 0 Å². The molecule has 0 aliphatic heterocycles. The van der Waals surface area contributed by atoms with Crippen molar-refractivity contribution in [1.29, 1.82) is 0 Å². The van der Waals surface area contributed by atoms with E-state index >= 15 is 0 Å². The van der Waals surface area contributed by atoms with Gasteiger partial charge in [0.15, 0.2) is 6.29 Å². The Morgan fingerprint density at radius 1 is 1.06 bits per heavy atom. The highest BCUT2D eigenvalue weighted by Gasteiger charge is 2.29. The molecule has 0 aromatic heterocycles. The standard InChI is InChI=1S/C12H12F3O/c13-12(14,15)11-7-5-10(6-8-11)4-2-1-3-9-16/h5-8H,1-4H2. The maximum absolute atomic E-state index is 12.2. The van der Waals surface area contributed by atoms with Gasteiger partial charge in [-0.05, 0) is 37.0 Å². The summed E-state index contributed by atoms with van der Waals surface area (Å²) in [5, 5.41) is 0. The van der Waals surface area contributed by atoms with Crippen molar-refractivity contribution in [3.8, 4) is 0 Å². The van der Waals surface area contributed by atoms with Crippen LogP contribution in [0.1, 0.15) is 30.4 Å². The normalized spacial score (nSPS) is 11.4. The van der Waals surface area contributed by atoms with E-state index in [1.165, 1.54) is 12.1 Å². The van der Waals surface area contributed by atoms with Crippen LogP contribution in [0.15, 0.2) is 24.3 Å². The first kappa shape index (κ1) is 12.7. The molecule has 0 spiro atoms. The second kappa shape index (κ2) is 5.68. The van der Waals surface area contributed by atoms with Crippen LogP contribution in [-0.4, -0.2) is 6.29 Å². The van der Waals surface area contributed by atoms with Crippen molar-refractivity contribution in [1.82, 2.24) is 0 Å². The molecule has 0 N–H and O–H groups in total. The Hall–Kier alpha value is -1.32. The maximum atomic E-state index is 12.2. The van der Waals surface area contributed by atoms with Gasteiger partial charge in [0.25, 0.3) is 0 Å². The second-order valence-corrected chi connectivity index (χ2v) is 3.55. The number of alkyl halides is 3. The summed E-state index contributed by atoms with van der Waals surface area (Å²) in [5.41, 5.74) is 0.233. The van der Waals surface area contributed by atoms with Crippen molar-refractivity contribution < 1.29 is 18.0 Å². The lowest BCUT2D eigenvalue weighted by Crippen LogP contribution is -2.04. The molecule has 0 amide bonds. The number of hydrogen-bond donors (Lipinski definition) is 0. The quantitative estimate of drug-likeness (QED) is 0.706. The van der Waals surface area contributed by atoms with Crippen LogP contribution in [0.5, 0.6) is 0 Å². The predicted molar refractivity (Wildman–Crippen MR) is 54.7 cm³/mol. The van der Waals surface area contributed by atoms with Crippen molar-refractivity contribution in [2.75, 3.05) is 0 Å². The zero-order chi connectivity index (χ0) is 12.0. The summed E-state index contributed by atoms with van der Waals surface area (Å²) >= 11 is 0. The Labute approximate surface area is 92.3 Å². The summed E-state index contributed by atoms with van der Waals surface area (Å²) in [5.74, 6) is 0. The third kappa shape index (κ3) is 4.04. The van der Waals surface area contributed by atoms with Gasteiger partial charge in [0.1, 0.15) is 0 Å². The number of unbranched alkanes of at least 4 members (excludes halogenated alkanes) is 2. The Kier molecular flexibility index (Phi) is 4.52. The van der Waals surface area contributed by atoms with Crippen LogP contribution in [-0.2, 0) is 17.4 Å². The van der Waals surface area contributed by atoms with E-state index in [9.17, 15) is 18.0 Å². The van der Waals surface area contributed by atoms with Gasteiger partial charge in [0, 0.05) is 6.42 Å². The van der Waals surface area contributed by atoms with E-state index in [1.54, 1.807) is 6.29 Å². The molecule has 0 fully saturated rings. The van der Waals surface area contributed by atoms with Crippen LogP contribution in [0.25, 0.3) is 0 Å². The van der Waals surface area contributed by atoms with Crippen LogP contribution >= 0.6 is 0 Å². The Bertz CT molecular complexity index is 327. The average Bonchev–Trinajstić information content (AvgIpc) is 2.24. The lowest BCUT2D eigenvalue weighted by molar-refractivity contribution is -0.137. The van der Waals surface area contributed by atoms with Gasteiger partial charge < -0.3 is 0 Å². The molecular formula is C12H12F3O. The first-order chi connectivity index (χ1) is 7.54. The molecule has 0 atom stereocenters. The number of aryl methyl sites for hydroxylation is 1. The molecule has 0 aliphatic carbocycles. The highest BCUT2D eigenvalue weighted by atomic mass is 19.4. The fourth-order valence-electron chi connectivity index (χ4n) is 1.39. The molecule has 1 aromatic rings. The summed E-state index contributed by atoms with van der Waals surface area (Å²) in [6.45, 7) is 0. The van der Waals surface area contributed by atoms with Crippen LogP contribution in [0.2, 0.25) is 0 Å². The minimum Gasteiger partial charge on any atom is -0.291 e. The number of halogens is 3. The number of rotatable bonds is 5. The SMILES string of the molecule is O=[C]CCCCc1ccc(C(F)(F)F)cc1. The van der Waals surface area contributed by atoms with Crippen LogP contribution in [0.4, 0.5) is 13.2 Å². The first-order valence-corrected chi connectivity index (χ1v) is 5.05. The van der Waals surface area contributed by atoms with E-state index in [-0.39, 0.29) is 0 Å². The molecule has 16 heavy (non-hydrogen) atoms. The van der Waals surface area contributed by atoms with E-state index in [4.69, 9.17) is 0 Å². The fourth-order valence-corrected chi connectivity index (χ4v) is 1.39. The molecule has 1 rings (SSSR count). The van der Waals surface area contributed by atoms with Gasteiger partial charge in [-0.1, -0.05) is 12.1 Å². The van der Waals surface area contributed by atoms with E-state index in [1.807, 2.05) is 0 Å². The summed E-state index contributed by atoms with van der Waals surface area (Å²) in [6.07, 6.45) is 0.114. The van der Waals surface area contributed by atoms with Crippen molar-refractivity contribution in [3.05, 3.63) is 35.4 Å². The molecule has 1 nitrogen and oxygen atoms in total. The third-order valence-electron chi connectivity index (χ3n) is 2.28. The van der Waals surface area contributed by atoms with E-state index in [0.29, 0.717) is 12.8 Å². The average molecular weight is 229 g/mol. The number of benzene rings is 1. The summed E-state index contributed by atoms with van der Waals surface area (Å²) < 4.78 is 36.7. The van der Waals surface area contributed by atoms with E-state index < -0.39 is 11.7 Å². The third-order valence-corrected chi connectivity index (χ3v) is 2.28. The molecule has 0 saturated carbocycles. The van der Waals surface area contributed by atoms with Gasteiger partial charge >= 0.3 is 6.18 Å². The monoisotopic (exact) mass is 229 g/mol. The van der Waals surface area contributed by atoms with E-state index in [0.717, 1.165) is 30.5 Å². The van der Waals surface area contributed by atoms with Crippen LogP contribution in [0.3, 0.4) is 0 Å². The summed E-state index contributed by atoms with van der Waals surface area (Å²) in [7, 11) is 0. The highest BCUT2D eigenvalue weighted by molar-refractivity contribution is 5.50. The van der Waals surface area contributed by atoms with Crippen LogP contribution in [0, 0.1) is 0 Å². The van der Waals surface area contributed by atoms with Crippen LogP contribution < -0.4 is 0 Å². The summed E-state index contributed by atoms with van der Waals surface area (Å²) in [6, 6.07) is 5.13. The minimum atomic E-state index is -4.27. The molecule has 0 bridgehead atoms. The second-order valence-electron chi connectivity index (χ2n) is 3.55. The summed E-state index contributed by atoms with van der Waals surface area (Å²) in [4.78, 5) is 9.92. The van der Waals surface area contributed by atoms with Gasteiger partial charge in [-0.3, -0.25) is 4.79 Å². The molecule has 0 saturated heterocycles. The van der Waals surface area contributed by atoms with Crippen molar-refractivity contribution >= 4 is 6.29 Å². The predicted octanol–water partition coefficient (Wildman–Crippen LogP) is 3.53. The molecule has 1 aromatic carbocycles. The van der Waals surface area contributed by atoms with Crippen molar-refractivity contribution in [3.63, 3.8) is 0 Å². The lowest BCUT2D eigenvalue weighted by atomic mass is 10.1. The number of carbonyl (C=O) groups excluding carboxylic acids is 1. The molecule has 1 radical (unpaired) electrons. The van der Waals surface area contributed by atoms with Crippen molar-refractivity contribution in [2.45, 2.75) is 31.9 Å². The molecule has 87 valence electrons. The zero-order valence-corrected chi connectivity index (χ0v) is 8.68. The lowest BCUT2D eigenvalue weighted by Gasteiger charge is -2.07. The Morgan fingerprint density at radius 2 is 1.69 bits per heavy atom. The topological polar surface area (TPSA) is 17.1 Å². The van der Waals surface area contributed by atoms with E-state index in [2.05, 4.69) is 0 Å². The largest absolute Gasteiger partial charge is 0.416 e. The number of hydrogen-bond acceptors (Lipinski definition) is 1. The molecule has 0 aliphatic rings. The maximum Gasteiger partial charge on any atom is 0.416 e. The molecule has 0 heterocycles.